The maximum atomic E-state index is 12.0. The van der Waals surface area contributed by atoms with E-state index in [1.165, 1.54) is 22.2 Å². The van der Waals surface area contributed by atoms with Crippen LogP contribution in [0.3, 0.4) is 0 Å². The molecule has 0 saturated carbocycles. The van der Waals surface area contributed by atoms with Gasteiger partial charge >= 0.3 is 0 Å². The third kappa shape index (κ3) is 1.10. The molecule has 2 aromatic rings. The van der Waals surface area contributed by atoms with E-state index in [-0.39, 0.29) is 0 Å². The number of aromatic nitrogens is 1. The summed E-state index contributed by atoms with van der Waals surface area (Å²) >= 11 is 0. The lowest BCUT2D eigenvalue weighted by atomic mass is 10.0. The van der Waals surface area contributed by atoms with Crippen LogP contribution in [0.4, 0.5) is 0 Å². The summed E-state index contributed by atoms with van der Waals surface area (Å²) in [6.07, 6.45) is 2.70. The summed E-state index contributed by atoms with van der Waals surface area (Å²) in [6, 6.07) is 6.07. The molecule has 0 saturated heterocycles. The normalized spacial score (nSPS) is 15.5. The molecular weight excluding hydrogens is 198 g/mol. The number of rotatable bonds is 0. The number of nitrogens with zero attached hydrogens (tertiary/aromatic N) is 1. The maximum Gasteiger partial charge on any atom is 0.163 e. The highest BCUT2D eigenvalue weighted by atomic mass is 16.1. The molecular formula is C14H15NO. The molecule has 0 atom stereocenters. The van der Waals surface area contributed by atoms with Crippen molar-refractivity contribution >= 4 is 16.7 Å². The lowest BCUT2D eigenvalue weighted by Crippen LogP contribution is -1.98. The molecule has 0 N–H and O–H groups in total. The lowest BCUT2D eigenvalue weighted by molar-refractivity contribution is 0.0983. The highest BCUT2D eigenvalue weighted by molar-refractivity contribution is 6.09. The van der Waals surface area contributed by atoms with Gasteiger partial charge in [-0.2, -0.15) is 0 Å². The molecule has 0 aliphatic heterocycles. The van der Waals surface area contributed by atoms with Gasteiger partial charge < -0.3 is 4.57 Å². The molecule has 0 radical (unpaired) electrons. The van der Waals surface area contributed by atoms with Crippen LogP contribution in [0.15, 0.2) is 18.2 Å². The summed E-state index contributed by atoms with van der Waals surface area (Å²) in [5.41, 5.74) is 4.80. The molecule has 2 nitrogen and oxygen atoms in total. The third-order valence-electron chi connectivity index (χ3n) is 3.78. The first-order valence-electron chi connectivity index (χ1n) is 5.80. The average Bonchev–Trinajstić information content (AvgIpc) is 2.47. The zero-order valence-corrected chi connectivity index (χ0v) is 9.71. The second kappa shape index (κ2) is 3.21. The molecule has 2 heteroatoms. The van der Waals surface area contributed by atoms with Crippen molar-refractivity contribution in [3.63, 3.8) is 0 Å². The Labute approximate surface area is 94.9 Å². The van der Waals surface area contributed by atoms with E-state index in [0.29, 0.717) is 12.2 Å². The van der Waals surface area contributed by atoms with E-state index in [1.54, 1.807) is 0 Å². The molecule has 0 amide bonds. The van der Waals surface area contributed by atoms with E-state index in [4.69, 9.17) is 0 Å². The first-order chi connectivity index (χ1) is 7.70. The van der Waals surface area contributed by atoms with Crippen molar-refractivity contribution in [2.24, 2.45) is 7.05 Å². The predicted octanol–water partition coefficient (Wildman–Crippen LogP) is 3.01. The Bertz CT molecular complexity index is 592. The van der Waals surface area contributed by atoms with Crippen LogP contribution in [-0.4, -0.2) is 10.4 Å². The van der Waals surface area contributed by atoms with Gasteiger partial charge in [-0.05, 0) is 31.4 Å². The van der Waals surface area contributed by atoms with Crippen LogP contribution in [0.2, 0.25) is 0 Å². The molecule has 0 unspecified atom stereocenters. The molecule has 0 bridgehead atoms. The smallest absolute Gasteiger partial charge is 0.163 e. The first-order valence-corrected chi connectivity index (χ1v) is 5.80. The van der Waals surface area contributed by atoms with E-state index < -0.39 is 0 Å². The van der Waals surface area contributed by atoms with Gasteiger partial charge in [0.15, 0.2) is 5.78 Å². The van der Waals surface area contributed by atoms with Crippen LogP contribution < -0.4 is 0 Å². The van der Waals surface area contributed by atoms with Crippen molar-refractivity contribution in [3.8, 4) is 0 Å². The standard InChI is InChI=1S/C14H15NO/c1-9-10-5-4-8-13(16)11-6-3-7-12(14(10)11)15(9)2/h3,6-7H,4-5,8H2,1-2H3. The molecule has 1 aliphatic rings. The number of carbonyl (C=O) groups is 1. The van der Waals surface area contributed by atoms with Crippen molar-refractivity contribution in [3.05, 3.63) is 35.0 Å². The van der Waals surface area contributed by atoms with E-state index in [1.807, 2.05) is 12.1 Å². The van der Waals surface area contributed by atoms with Gasteiger partial charge in [-0.15, -0.1) is 0 Å². The topological polar surface area (TPSA) is 22.0 Å². The van der Waals surface area contributed by atoms with E-state index >= 15 is 0 Å². The van der Waals surface area contributed by atoms with Crippen molar-refractivity contribution in [2.45, 2.75) is 26.2 Å². The number of ketones is 1. The molecule has 1 aromatic heterocycles. The average molecular weight is 213 g/mol. The Morgan fingerprint density at radius 1 is 1.25 bits per heavy atom. The van der Waals surface area contributed by atoms with Crippen molar-refractivity contribution in [1.82, 2.24) is 4.57 Å². The Morgan fingerprint density at radius 3 is 2.88 bits per heavy atom. The Kier molecular flexibility index (Phi) is 1.93. The minimum Gasteiger partial charge on any atom is -0.348 e. The molecule has 16 heavy (non-hydrogen) atoms. The van der Waals surface area contributed by atoms with Crippen molar-refractivity contribution in [2.75, 3.05) is 0 Å². The maximum absolute atomic E-state index is 12.0. The van der Waals surface area contributed by atoms with Crippen LogP contribution in [-0.2, 0) is 13.5 Å². The number of carbonyl (C=O) groups excluding carboxylic acids is 1. The fourth-order valence-corrected chi connectivity index (χ4v) is 2.80. The molecule has 1 aromatic carbocycles. The summed E-state index contributed by atoms with van der Waals surface area (Å²) in [4.78, 5) is 12.0. The predicted molar refractivity (Wildman–Crippen MR) is 64.9 cm³/mol. The van der Waals surface area contributed by atoms with Gasteiger partial charge in [0.2, 0.25) is 0 Å². The van der Waals surface area contributed by atoms with Gasteiger partial charge in [-0.3, -0.25) is 4.79 Å². The molecule has 1 aliphatic carbocycles. The Balaban J connectivity index is 2.51. The molecule has 1 heterocycles. The molecule has 82 valence electrons. The zero-order chi connectivity index (χ0) is 11.3. The molecule has 0 spiro atoms. The number of hydrogen-bond acceptors (Lipinski definition) is 1. The highest BCUT2D eigenvalue weighted by Crippen LogP contribution is 2.32. The van der Waals surface area contributed by atoms with Gasteiger partial charge in [-0.25, -0.2) is 0 Å². The molecule has 0 fully saturated rings. The van der Waals surface area contributed by atoms with Gasteiger partial charge in [0.05, 0.1) is 0 Å². The second-order valence-corrected chi connectivity index (χ2v) is 4.60. The largest absolute Gasteiger partial charge is 0.348 e. The van der Waals surface area contributed by atoms with Crippen molar-refractivity contribution in [1.29, 1.82) is 0 Å². The number of hydrogen-bond donors (Lipinski definition) is 0. The lowest BCUT2D eigenvalue weighted by Gasteiger charge is -2.02. The number of aryl methyl sites for hydroxylation is 2. The van der Waals surface area contributed by atoms with E-state index in [0.717, 1.165) is 18.4 Å². The van der Waals surface area contributed by atoms with Gasteiger partial charge in [-0.1, -0.05) is 12.1 Å². The number of Topliss-reactive ketones (excluding diaryl/α,β-unsaturated/α-hetero) is 1. The van der Waals surface area contributed by atoms with Crippen LogP contribution in [0.25, 0.3) is 10.9 Å². The first kappa shape index (κ1) is 9.64. The summed E-state index contributed by atoms with van der Waals surface area (Å²) in [5.74, 6) is 0.301. The summed E-state index contributed by atoms with van der Waals surface area (Å²) in [6.45, 7) is 2.15. The monoisotopic (exact) mass is 213 g/mol. The third-order valence-corrected chi connectivity index (χ3v) is 3.78. The van der Waals surface area contributed by atoms with E-state index in [9.17, 15) is 4.79 Å². The van der Waals surface area contributed by atoms with Crippen LogP contribution >= 0.6 is 0 Å². The summed E-state index contributed by atoms with van der Waals surface area (Å²) < 4.78 is 2.20. The van der Waals surface area contributed by atoms with Crippen LogP contribution in [0.5, 0.6) is 0 Å². The fraction of sp³-hybridized carbons (Fsp3) is 0.357. The van der Waals surface area contributed by atoms with E-state index in [2.05, 4.69) is 24.6 Å². The van der Waals surface area contributed by atoms with Gasteiger partial charge in [0.25, 0.3) is 0 Å². The fourth-order valence-electron chi connectivity index (χ4n) is 2.80. The van der Waals surface area contributed by atoms with Crippen molar-refractivity contribution < 1.29 is 4.79 Å². The Morgan fingerprint density at radius 2 is 2.06 bits per heavy atom. The van der Waals surface area contributed by atoms with Gasteiger partial charge in [0.1, 0.15) is 0 Å². The molecule has 3 rings (SSSR count). The highest BCUT2D eigenvalue weighted by Gasteiger charge is 2.21. The second-order valence-electron chi connectivity index (χ2n) is 4.60. The number of benzene rings is 1. The SMILES string of the molecule is Cc1c2c3c(cccc3n1C)C(=O)CCC2. The summed E-state index contributed by atoms with van der Waals surface area (Å²) in [5, 5.41) is 1.20. The summed E-state index contributed by atoms with van der Waals surface area (Å²) in [7, 11) is 2.08. The Hall–Kier alpha value is -1.57. The quantitative estimate of drug-likeness (QED) is 0.659. The minimum absolute atomic E-state index is 0.301. The zero-order valence-electron chi connectivity index (χ0n) is 9.71. The van der Waals surface area contributed by atoms with Crippen LogP contribution in [0, 0.1) is 6.92 Å². The van der Waals surface area contributed by atoms with Gasteiger partial charge in [0, 0.05) is 35.6 Å². The minimum atomic E-state index is 0.301. The van der Waals surface area contributed by atoms with Crippen LogP contribution in [0.1, 0.15) is 34.5 Å².